The maximum Gasteiger partial charge on any atom is 0.234 e. The number of hydrogen-bond donors (Lipinski definition) is 0. The Morgan fingerprint density at radius 3 is 2.71 bits per heavy atom. The fourth-order valence-corrected chi connectivity index (χ4v) is 2.01. The van der Waals surface area contributed by atoms with Gasteiger partial charge in [0.2, 0.25) is 11.7 Å². The van der Waals surface area contributed by atoms with Crippen molar-refractivity contribution in [3.63, 3.8) is 0 Å². The van der Waals surface area contributed by atoms with Crippen LogP contribution in [0.3, 0.4) is 0 Å². The van der Waals surface area contributed by atoms with E-state index >= 15 is 0 Å². The number of aryl methyl sites for hydroxylation is 1. The third-order valence-electron chi connectivity index (χ3n) is 3.10. The minimum absolute atomic E-state index is 0.0523. The third-order valence-corrected chi connectivity index (χ3v) is 3.10. The number of nitrogens with zero attached hydrogens (tertiary/aromatic N) is 3. The molecule has 5 heteroatoms. The first-order valence-electron chi connectivity index (χ1n) is 6.57. The number of carbonyl (C=O) groups excluding carboxylic acids is 1. The number of pyridine rings is 1. The Kier molecular flexibility index (Phi) is 3.55. The number of aromatic nitrogens is 3. The van der Waals surface area contributed by atoms with Gasteiger partial charge in [0.15, 0.2) is 5.78 Å². The summed E-state index contributed by atoms with van der Waals surface area (Å²) in [6.45, 7) is 1.92. The van der Waals surface area contributed by atoms with E-state index in [-0.39, 0.29) is 12.2 Å². The van der Waals surface area contributed by atoms with Gasteiger partial charge < -0.3 is 4.52 Å². The summed E-state index contributed by atoms with van der Waals surface area (Å²) in [5, 5.41) is 3.89. The molecule has 0 aliphatic carbocycles. The first kappa shape index (κ1) is 13.2. The second kappa shape index (κ2) is 5.66. The molecule has 2 heterocycles. The highest BCUT2D eigenvalue weighted by atomic mass is 16.5. The van der Waals surface area contributed by atoms with Gasteiger partial charge in [-0.2, -0.15) is 4.98 Å². The monoisotopic (exact) mass is 279 g/mol. The summed E-state index contributed by atoms with van der Waals surface area (Å²) in [5.74, 6) is 0.649. The SMILES string of the molecule is Cc1cccnc1-c1noc(CC(=O)c2ccccc2)n1. The Morgan fingerprint density at radius 2 is 1.95 bits per heavy atom. The molecule has 5 nitrogen and oxygen atoms in total. The summed E-state index contributed by atoms with van der Waals surface area (Å²) in [5.41, 5.74) is 2.25. The highest BCUT2D eigenvalue weighted by Gasteiger charge is 2.15. The fourth-order valence-electron chi connectivity index (χ4n) is 2.01. The summed E-state index contributed by atoms with van der Waals surface area (Å²) >= 11 is 0. The molecule has 0 bridgehead atoms. The Labute approximate surface area is 121 Å². The van der Waals surface area contributed by atoms with Gasteiger partial charge in [-0.1, -0.05) is 41.6 Å². The van der Waals surface area contributed by atoms with Gasteiger partial charge in [-0.25, -0.2) is 0 Å². The standard InChI is InChI=1S/C16H13N3O2/c1-11-6-5-9-17-15(11)16-18-14(21-19-16)10-13(20)12-7-3-2-4-8-12/h2-9H,10H2,1H3. The summed E-state index contributed by atoms with van der Waals surface area (Å²) in [6, 6.07) is 12.8. The average molecular weight is 279 g/mol. The normalized spacial score (nSPS) is 10.5. The number of hydrogen-bond acceptors (Lipinski definition) is 5. The fraction of sp³-hybridized carbons (Fsp3) is 0.125. The van der Waals surface area contributed by atoms with Crippen LogP contribution in [-0.2, 0) is 6.42 Å². The van der Waals surface area contributed by atoms with Crippen molar-refractivity contribution in [3.8, 4) is 11.5 Å². The van der Waals surface area contributed by atoms with Crippen LogP contribution in [0.25, 0.3) is 11.5 Å². The molecule has 0 fully saturated rings. The van der Waals surface area contributed by atoms with Crippen molar-refractivity contribution in [2.45, 2.75) is 13.3 Å². The smallest absolute Gasteiger partial charge is 0.234 e. The van der Waals surface area contributed by atoms with Crippen LogP contribution in [-0.4, -0.2) is 20.9 Å². The van der Waals surface area contributed by atoms with Crippen molar-refractivity contribution in [2.75, 3.05) is 0 Å². The van der Waals surface area contributed by atoms with E-state index in [1.807, 2.05) is 37.3 Å². The van der Waals surface area contributed by atoms with E-state index < -0.39 is 0 Å². The van der Waals surface area contributed by atoms with Gasteiger partial charge >= 0.3 is 0 Å². The Bertz CT molecular complexity index is 766. The minimum atomic E-state index is -0.0523. The maximum absolute atomic E-state index is 12.1. The van der Waals surface area contributed by atoms with Gasteiger partial charge in [0.05, 0.1) is 6.42 Å². The van der Waals surface area contributed by atoms with E-state index in [9.17, 15) is 4.79 Å². The van der Waals surface area contributed by atoms with E-state index in [0.29, 0.717) is 23.0 Å². The number of Topliss-reactive ketones (excluding diaryl/α,β-unsaturated/α-hetero) is 1. The summed E-state index contributed by atoms with van der Waals surface area (Å²) in [6.07, 6.45) is 1.76. The van der Waals surface area contributed by atoms with Crippen LogP contribution in [0, 0.1) is 6.92 Å². The van der Waals surface area contributed by atoms with Gasteiger partial charge in [-0.3, -0.25) is 9.78 Å². The maximum atomic E-state index is 12.1. The molecule has 0 saturated heterocycles. The van der Waals surface area contributed by atoms with Crippen molar-refractivity contribution in [2.24, 2.45) is 0 Å². The molecular formula is C16H13N3O2. The molecule has 104 valence electrons. The molecule has 3 rings (SSSR count). The second-order valence-corrected chi connectivity index (χ2v) is 4.65. The molecule has 21 heavy (non-hydrogen) atoms. The zero-order chi connectivity index (χ0) is 14.7. The second-order valence-electron chi connectivity index (χ2n) is 4.65. The molecular weight excluding hydrogens is 266 g/mol. The zero-order valence-electron chi connectivity index (χ0n) is 11.5. The van der Waals surface area contributed by atoms with E-state index in [1.165, 1.54) is 0 Å². The highest BCUT2D eigenvalue weighted by molar-refractivity contribution is 5.96. The lowest BCUT2D eigenvalue weighted by atomic mass is 10.1. The lowest BCUT2D eigenvalue weighted by Gasteiger charge is -1.97. The van der Waals surface area contributed by atoms with Crippen LogP contribution in [0.15, 0.2) is 53.2 Å². The molecule has 0 N–H and O–H groups in total. The molecule has 0 atom stereocenters. The third kappa shape index (κ3) is 2.86. The van der Waals surface area contributed by atoms with E-state index in [4.69, 9.17) is 4.52 Å². The van der Waals surface area contributed by atoms with Gasteiger partial charge in [0, 0.05) is 11.8 Å². The van der Waals surface area contributed by atoms with Gasteiger partial charge in [-0.15, -0.1) is 0 Å². The van der Waals surface area contributed by atoms with Crippen LogP contribution in [0.1, 0.15) is 21.8 Å². The molecule has 0 spiro atoms. The van der Waals surface area contributed by atoms with Crippen LogP contribution in [0.2, 0.25) is 0 Å². The van der Waals surface area contributed by atoms with Gasteiger partial charge in [0.25, 0.3) is 0 Å². The summed E-state index contributed by atoms with van der Waals surface area (Å²) < 4.78 is 5.14. The molecule has 0 saturated carbocycles. The first-order chi connectivity index (χ1) is 10.2. The van der Waals surface area contributed by atoms with Crippen LogP contribution in [0.4, 0.5) is 0 Å². The molecule has 2 aromatic heterocycles. The quantitative estimate of drug-likeness (QED) is 0.687. The Hall–Kier alpha value is -2.82. The largest absolute Gasteiger partial charge is 0.338 e. The lowest BCUT2D eigenvalue weighted by Crippen LogP contribution is -2.03. The molecule has 1 aromatic carbocycles. The molecule has 0 radical (unpaired) electrons. The minimum Gasteiger partial charge on any atom is -0.338 e. The highest BCUT2D eigenvalue weighted by Crippen LogP contribution is 2.17. The number of carbonyl (C=O) groups is 1. The number of benzene rings is 1. The Balaban J connectivity index is 1.80. The van der Waals surface area contributed by atoms with Crippen molar-refractivity contribution in [3.05, 3.63) is 65.7 Å². The Morgan fingerprint density at radius 1 is 1.14 bits per heavy atom. The van der Waals surface area contributed by atoms with Crippen LogP contribution < -0.4 is 0 Å². The summed E-state index contributed by atoms with van der Waals surface area (Å²) in [7, 11) is 0. The van der Waals surface area contributed by atoms with Crippen LogP contribution in [0.5, 0.6) is 0 Å². The zero-order valence-corrected chi connectivity index (χ0v) is 11.5. The lowest BCUT2D eigenvalue weighted by molar-refractivity contribution is 0.0983. The molecule has 0 aliphatic heterocycles. The summed E-state index contributed by atoms with van der Waals surface area (Å²) in [4.78, 5) is 20.6. The predicted molar refractivity (Wildman–Crippen MR) is 76.7 cm³/mol. The van der Waals surface area contributed by atoms with Gasteiger partial charge in [-0.05, 0) is 18.6 Å². The number of rotatable bonds is 4. The molecule has 3 aromatic rings. The molecule has 0 amide bonds. The van der Waals surface area contributed by atoms with E-state index in [1.54, 1.807) is 18.3 Å². The van der Waals surface area contributed by atoms with E-state index in [2.05, 4.69) is 15.1 Å². The van der Waals surface area contributed by atoms with Crippen molar-refractivity contribution < 1.29 is 9.32 Å². The predicted octanol–water partition coefficient (Wildman–Crippen LogP) is 2.87. The van der Waals surface area contributed by atoms with Gasteiger partial charge in [0.1, 0.15) is 5.69 Å². The van der Waals surface area contributed by atoms with Crippen LogP contribution >= 0.6 is 0 Å². The van der Waals surface area contributed by atoms with Crippen molar-refractivity contribution >= 4 is 5.78 Å². The average Bonchev–Trinajstić information content (AvgIpc) is 2.97. The molecule has 0 unspecified atom stereocenters. The number of ketones is 1. The van der Waals surface area contributed by atoms with Crippen molar-refractivity contribution in [1.82, 2.24) is 15.1 Å². The first-order valence-corrected chi connectivity index (χ1v) is 6.57. The molecule has 0 aliphatic rings. The van der Waals surface area contributed by atoms with Crippen molar-refractivity contribution in [1.29, 1.82) is 0 Å². The topological polar surface area (TPSA) is 68.9 Å². The van der Waals surface area contributed by atoms with E-state index in [0.717, 1.165) is 5.56 Å².